The number of thiophene rings is 1. The highest BCUT2D eigenvalue weighted by molar-refractivity contribution is 7.23. The number of likely N-dealkylation sites (tertiary alicyclic amines) is 1. The van der Waals surface area contributed by atoms with E-state index in [1.54, 1.807) is 6.07 Å². The SMILES string of the molecule is CC(C)N1CCC[C@H]1COc1nc(N2CC3CCC(C2)N3)c2cc(Cl)c(-c3ccc(F)c4sc(N)c(C#N)c34)c(F)c2n1. The molecule has 224 valence electrons. The molecule has 3 fully saturated rings. The number of nitrogens with two attached hydrogens (primary N) is 1. The predicted molar refractivity (Wildman–Crippen MR) is 167 cm³/mol. The molecule has 43 heavy (non-hydrogen) atoms. The van der Waals surface area contributed by atoms with Crippen molar-refractivity contribution in [1.29, 1.82) is 5.26 Å². The molecule has 3 aliphatic rings. The molecule has 3 N–H and O–H groups in total. The van der Waals surface area contributed by atoms with Crippen LogP contribution in [0.2, 0.25) is 5.02 Å². The van der Waals surface area contributed by atoms with Crippen molar-refractivity contribution in [3.8, 4) is 23.2 Å². The average Bonchev–Trinajstić information content (AvgIpc) is 3.69. The molecular weight excluding hydrogens is 592 g/mol. The first-order valence-electron chi connectivity index (χ1n) is 14.7. The third kappa shape index (κ3) is 4.85. The molecular formula is C31H32ClF2N7OS. The summed E-state index contributed by atoms with van der Waals surface area (Å²) in [5.41, 5.74) is 6.54. The van der Waals surface area contributed by atoms with Gasteiger partial charge in [-0.25, -0.2) is 8.78 Å². The number of nitrogens with zero attached hydrogens (tertiary/aromatic N) is 5. The zero-order chi connectivity index (χ0) is 30.0. The zero-order valence-corrected chi connectivity index (χ0v) is 25.5. The van der Waals surface area contributed by atoms with Crippen LogP contribution < -0.4 is 20.7 Å². The average molecular weight is 624 g/mol. The molecule has 3 atom stereocenters. The van der Waals surface area contributed by atoms with Crippen molar-refractivity contribution in [1.82, 2.24) is 20.2 Å². The Kier molecular flexibility index (Phi) is 7.29. The topological polar surface area (TPSA) is 103 Å². The number of nitrogen functional groups attached to an aromatic ring is 1. The van der Waals surface area contributed by atoms with Crippen molar-refractivity contribution in [3.05, 3.63) is 40.4 Å². The second-order valence-corrected chi connectivity index (χ2v) is 13.5. The van der Waals surface area contributed by atoms with Gasteiger partial charge in [-0.1, -0.05) is 17.7 Å². The van der Waals surface area contributed by atoms with Gasteiger partial charge in [-0.05, 0) is 63.8 Å². The first-order valence-corrected chi connectivity index (χ1v) is 15.9. The molecule has 5 heterocycles. The fourth-order valence-electron chi connectivity index (χ4n) is 7.08. The molecule has 3 aliphatic heterocycles. The molecule has 12 heteroatoms. The lowest BCUT2D eigenvalue weighted by molar-refractivity contribution is 0.138. The highest BCUT2D eigenvalue weighted by atomic mass is 35.5. The number of nitrogens with one attached hydrogen (secondary N) is 1. The van der Waals surface area contributed by atoms with E-state index in [2.05, 4.69) is 40.0 Å². The number of aromatic nitrogens is 2. The minimum atomic E-state index is -0.680. The van der Waals surface area contributed by atoms with E-state index in [4.69, 9.17) is 27.1 Å². The Morgan fingerprint density at radius 2 is 1.98 bits per heavy atom. The van der Waals surface area contributed by atoms with Crippen LogP contribution >= 0.6 is 22.9 Å². The minimum Gasteiger partial charge on any atom is -0.462 e. The maximum absolute atomic E-state index is 16.8. The summed E-state index contributed by atoms with van der Waals surface area (Å²) < 4.78 is 38.0. The molecule has 4 aromatic rings. The fraction of sp³-hybridized carbons (Fsp3) is 0.452. The normalized spacial score (nSPS) is 22.3. The Morgan fingerprint density at radius 1 is 1.21 bits per heavy atom. The van der Waals surface area contributed by atoms with Crippen molar-refractivity contribution in [2.45, 2.75) is 63.7 Å². The van der Waals surface area contributed by atoms with Gasteiger partial charge in [0.05, 0.1) is 15.3 Å². The largest absolute Gasteiger partial charge is 0.462 e. The number of nitriles is 1. The number of fused-ring (bicyclic) bond motifs is 4. The second kappa shape index (κ2) is 11.0. The number of rotatable bonds is 6. The lowest BCUT2D eigenvalue weighted by atomic mass is 9.97. The van der Waals surface area contributed by atoms with E-state index in [1.165, 1.54) is 12.1 Å². The van der Waals surface area contributed by atoms with Crippen LogP contribution in [0.25, 0.3) is 32.1 Å². The molecule has 2 unspecified atom stereocenters. The van der Waals surface area contributed by atoms with E-state index in [-0.39, 0.29) is 54.4 Å². The maximum atomic E-state index is 16.8. The van der Waals surface area contributed by atoms with Gasteiger partial charge >= 0.3 is 6.01 Å². The van der Waals surface area contributed by atoms with E-state index >= 15 is 4.39 Å². The lowest BCUT2D eigenvalue weighted by Crippen LogP contribution is -2.51. The number of hydrogen-bond donors (Lipinski definition) is 2. The molecule has 0 radical (unpaired) electrons. The Morgan fingerprint density at radius 3 is 2.70 bits per heavy atom. The van der Waals surface area contributed by atoms with Crippen LogP contribution in [-0.4, -0.2) is 65.3 Å². The summed E-state index contributed by atoms with van der Waals surface area (Å²) in [5.74, 6) is -0.634. The zero-order valence-electron chi connectivity index (χ0n) is 24.0. The van der Waals surface area contributed by atoms with Crippen LogP contribution in [0.4, 0.5) is 19.6 Å². The highest BCUT2D eigenvalue weighted by Gasteiger charge is 2.35. The Bertz CT molecular complexity index is 1780. The summed E-state index contributed by atoms with van der Waals surface area (Å²) >= 11 is 7.79. The van der Waals surface area contributed by atoms with Gasteiger partial charge in [-0.2, -0.15) is 15.2 Å². The van der Waals surface area contributed by atoms with Gasteiger partial charge < -0.3 is 20.7 Å². The summed E-state index contributed by atoms with van der Waals surface area (Å²) in [4.78, 5) is 14.0. The molecule has 3 saturated heterocycles. The van der Waals surface area contributed by atoms with Crippen LogP contribution in [0.15, 0.2) is 18.2 Å². The number of halogens is 3. The Balaban J connectivity index is 1.38. The van der Waals surface area contributed by atoms with Crippen LogP contribution in [0.1, 0.15) is 45.1 Å². The number of hydrogen-bond acceptors (Lipinski definition) is 9. The van der Waals surface area contributed by atoms with Gasteiger partial charge in [0.2, 0.25) is 0 Å². The number of ether oxygens (including phenoxy) is 1. The van der Waals surface area contributed by atoms with Crippen LogP contribution in [0, 0.1) is 23.0 Å². The minimum absolute atomic E-state index is 0.0335. The quantitative estimate of drug-likeness (QED) is 0.266. The first-order chi connectivity index (χ1) is 20.7. The first kappa shape index (κ1) is 28.5. The summed E-state index contributed by atoms with van der Waals surface area (Å²) in [7, 11) is 0. The van der Waals surface area contributed by atoms with Crippen molar-refractivity contribution < 1.29 is 13.5 Å². The summed E-state index contributed by atoms with van der Waals surface area (Å²) in [6.45, 7) is 7.22. The van der Waals surface area contributed by atoms with Gasteiger partial charge in [-0.15, -0.1) is 11.3 Å². The molecule has 0 spiro atoms. The van der Waals surface area contributed by atoms with E-state index in [1.807, 2.05) is 0 Å². The summed E-state index contributed by atoms with van der Waals surface area (Å²) in [6, 6.07) is 7.78. The van der Waals surface area contributed by atoms with Gasteiger partial charge in [0.15, 0.2) is 5.82 Å². The van der Waals surface area contributed by atoms with Crippen LogP contribution in [0.5, 0.6) is 6.01 Å². The molecule has 0 saturated carbocycles. The summed E-state index contributed by atoms with van der Waals surface area (Å²) in [6.07, 6.45) is 4.26. The van der Waals surface area contributed by atoms with Crippen molar-refractivity contribution in [2.24, 2.45) is 0 Å². The molecule has 2 aromatic carbocycles. The van der Waals surface area contributed by atoms with Crippen molar-refractivity contribution >= 4 is 54.7 Å². The van der Waals surface area contributed by atoms with Crippen molar-refractivity contribution in [2.75, 3.05) is 36.9 Å². The third-order valence-corrected chi connectivity index (χ3v) is 10.4. The van der Waals surface area contributed by atoms with Gasteiger partial charge in [0.25, 0.3) is 0 Å². The van der Waals surface area contributed by atoms with Gasteiger partial charge in [-0.3, -0.25) is 4.90 Å². The monoisotopic (exact) mass is 623 g/mol. The lowest BCUT2D eigenvalue weighted by Gasteiger charge is -2.34. The summed E-state index contributed by atoms with van der Waals surface area (Å²) in [5, 5.41) is 14.4. The highest BCUT2D eigenvalue weighted by Crippen LogP contribution is 2.46. The molecule has 0 aliphatic carbocycles. The fourth-order valence-corrected chi connectivity index (χ4v) is 8.32. The molecule has 2 bridgehead atoms. The van der Waals surface area contributed by atoms with Crippen LogP contribution in [0.3, 0.4) is 0 Å². The van der Waals surface area contributed by atoms with E-state index in [0.717, 1.165) is 56.7 Å². The number of anilines is 2. The van der Waals surface area contributed by atoms with Crippen molar-refractivity contribution in [3.63, 3.8) is 0 Å². The number of benzene rings is 2. The second-order valence-electron chi connectivity index (χ2n) is 12.0. The third-order valence-electron chi connectivity index (χ3n) is 9.05. The Labute approximate surface area is 257 Å². The Hall–Kier alpha value is -3.30. The number of piperazine rings is 1. The van der Waals surface area contributed by atoms with E-state index in [0.29, 0.717) is 35.9 Å². The van der Waals surface area contributed by atoms with E-state index < -0.39 is 11.6 Å². The molecule has 0 amide bonds. The smallest absolute Gasteiger partial charge is 0.319 e. The van der Waals surface area contributed by atoms with E-state index in [9.17, 15) is 9.65 Å². The molecule has 8 nitrogen and oxygen atoms in total. The standard InChI is InChI=1S/C31H32ClF2N7OS/c1-15(2)41-9-3-4-18(41)14-42-31-38-27-20(30(39-31)40-12-16-5-6-17(13-40)37-16)10-22(32)25(26(27)34)19-7-8-23(33)28-24(19)21(11-35)29(36)43-28/h7-8,10,15-18,37H,3-6,9,12-14,36H2,1-2H3/t16?,17?,18-/m0/s1. The molecule has 7 rings (SSSR count). The predicted octanol–water partition coefficient (Wildman–Crippen LogP) is 6.09. The van der Waals surface area contributed by atoms with Gasteiger partial charge in [0, 0.05) is 53.6 Å². The maximum Gasteiger partial charge on any atom is 0.319 e. The molecule has 2 aromatic heterocycles. The van der Waals surface area contributed by atoms with Crippen LogP contribution in [-0.2, 0) is 0 Å². The van der Waals surface area contributed by atoms with Gasteiger partial charge in [0.1, 0.15) is 34.8 Å².